The lowest BCUT2D eigenvalue weighted by molar-refractivity contribution is -0.121. The number of hydrogen-bond donors (Lipinski definition) is 2. The van der Waals surface area contributed by atoms with E-state index in [1.807, 2.05) is 13.8 Å². The smallest absolute Gasteiger partial charge is 0.222 e. The van der Waals surface area contributed by atoms with E-state index in [2.05, 4.69) is 16.6 Å². The van der Waals surface area contributed by atoms with Gasteiger partial charge in [0.1, 0.15) is 0 Å². The number of carbonyl (C=O) groups excluding carboxylic acids is 1. The highest BCUT2D eigenvalue weighted by molar-refractivity contribution is 5.77. The van der Waals surface area contributed by atoms with E-state index in [1.54, 1.807) is 6.92 Å². The normalized spacial score (nSPS) is 14.3. The zero-order valence-corrected chi connectivity index (χ0v) is 8.55. The van der Waals surface area contributed by atoms with E-state index in [-0.39, 0.29) is 18.0 Å². The highest BCUT2D eigenvalue weighted by Gasteiger charge is 2.08. The molecule has 0 saturated carbocycles. The van der Waals surface area contributed by atoms with Crippen molar-refractivity contribution in [2.75, 3.05) is 6.54 Å². The zero-order valence-electron chi connectivity index (χ0n) is 8.55. The first-order valence-corrected chi connectivity index (χ1v) is 4.59. The third-order valence-corrected chi connectivity index (χ3v) is 1.67. The second-order valence-corrected chi connectivity index (χ2v) is 3.12. The minimum absolute atomic E-state index is 0.00102. The maximum absolute atomic E-state index is 11.3. The predicted molar refractivity (Wildman–Crippen MR) is 54.2 cm³/mol. The Morgan fingerprint density at radius 2 is 2.15 bits per heavy atom. The summed E-state index contributed by atoms with van der Waals surface area (Å²) in [6.45, 7) is 6.65. The van der Waals surface area contributed by atoms with Gasteiger partial charge in [-0.3, -0.25) is 4.79 Å². The van der Waals surface area contributed by atoms with E-state index < -0.39 is 0 Å². The van der Waals surface area contributed by atoms with E-state index in [9.17, 15) is 4.79 Å². The van der Waals surface area contributed by atoms with Crippen molar-refractivity contribution in [3.05, 3.63) is 0 Å². The van der Waals surface area contributed by atoms with E-state index in [0.29, 0.717) is 6.42 Å². The van der Waals surface area contributed by atoms with Crippen molar-refractivity contribution < 1.29 is 4.79 Å². The fourth-order valence-corrected chi connectivity index (χ4v) is 1.04. The molecule has 0 rings (SSSR count). The Morgan fingerprint density at radius 3 is 2.62 bits per heavy atom. The van der Waals surface area contributed by atoms with Crippen LogP contribution in [0.4, 0.5) is 0 Å². The molecule has 3 heteroatoms. The van der Waals surface area contributed by atoms with E-state index >= 15 is 0 Å². The Hall–Kier alpha value is -1.01. The Labute approximate surface area is 80.3 Å². The van der Waals surface area contributed by atoms with Crippen LogP contribution in [0.15, 0.2) is 0 Å². The molecule has 0 fully saturated rings. The molecule has 2 atom stereocenters. The molecule has 13 heavy (non-hydrogen) atoms. The average molecular weight is 182 g/mol. The van der Waals surface area contributed by atoms with Crippen LogP contribution in [0, 0.1) is 12.3 Å². The SMILES string of the molecule is C#CC(C)NC(=O)CC(C)NCC. The Balaban J connectivity index is 3.69. The van der Waals surface area contributed by atoms with Crippen LogP contribution in [0.5, 0.6) is 0 Å². The van der Waals surface area contributed by atoms with Crippen LogP contribution in [-0.2, 0) is 4.79 Å². The second-order valence-electron chi connectivity index (χ2n) is 3.12. The molecule has 0 aromatic heterocycles. The monoisotopic (exact) mass is 182 g/mol. The summed E-state index contributed by atoms with van der Waals surface area (Å²) in [6, 6.07) is 0.0244. The fourth-order valence-electron chi connectivity index (χ4n) is 1.04. The predicted octanol–water partition coefficient (Wildman–Crippen LogP) is 0.512. The first-order valence-electron chi connectivity index (χ1n) is 4.59. The molecule has 0 aromatic carbocycles. The third kappa shape index (κ3) is 6.18. The molecule has 2 N–H and O–H groups in total. The van der Waals surface area contributed by atoms with Gasteiger partial charge < -0.3 is 10.6 Å². The van der Waals surface area contributed by atoms with Crippen LogP contribution in [0.3, 0.4) is 0 Å². The van der Waals surface area contributed by atoms with Crippen LogP contribution in [0.2, 0.25) is 0 Å². The first kappa shape index (κ1) is 12.0. The molecule has 1 amide bonds. The Kier molecular flexibility index (Phi) is 5.99. The van der Waals surface area contributed by atoms with E-state index in [1.165, 1.54) is 0 Å². The number of hydrogen-bond acceptors (Lipinski definition) is 2. The van der Waals surface area contributed by atoms with Gasteiger partial charge in [0, 0.05) is 12.5 Å². The van der Waals surface area contributed by atoms with Crippen LogP contribution in [0.1, 0.15) is 27.2 Å². The van der Waals surface area contributed by atoms with Crippen molar-refractivity contribution in [3.63, 3.8) is 0 Å². The number of carbonyl (C=O) groups is 1. The molecular formula is C10H18N2O. The summed E-state index contributed by atoms with van der Waals surface area (Å²) >= 11 is 0. The van der Waals surface area contributed by atoms with E-state index in [4.69, 9.17) is 6.42 Å². The summed E-state index contributed by atoms with van der Waals surface area (Å²) in [7, 11) is 0. The van der Waals surface area contributed by atoms with Gasteiger partial charge in [0.25, 0.3) is 0 Å². The highest BCUT2D eigenvalue weighted by Crippen LogP contribution is 1.90. The molecule has 0 spiro atoms. The van der Waals surface area contributed by atoms with Crippen LogP contribution in [-0.4, -0.2) is 24.5 Å². The Bertz CT molecular complexity index is 196. The second kappa shape index (κ2) is 6.50. The molecule has 0 heterocycles. The zero-order chi connectivity index (χ0) is 10.3. The van der Waals surface area contributed by atoms with Crippen molar-refractivity contribution in [2.45, 2.75) is 39.3 Å². The quantitative estimate of drug-likeness (QED) is 0.608. The van der Waals surface area contributed by atoms with Crippen molar-refractivity contribution in [1.82, 2.24) is 10.6 Å². The molecule has 0 radical (unpaired) electrons. The first-order chi connectivity index (χ1) is 6.10. The molecule has 0 aromatic rings. The number of amides is 1. The molecule has 0 aliphatic rings. The topological polar surface area (TPSA) is 41.1 Å². The van der Waals surface area contributed by atoms with Gasteiger partial charge in [0.05, 0.1) is 6.04 Å². The lowest BCUT2D eigenvalue weighted by Gasteiger charge is -2.13. The number of terminal acetylenes is 1. The molecule has 0 bridgehead atoms. The van der Waals surface area contributed by atoms with Gasteiger partial charge in [-0.15, -0.1) is 6.42 Å². The molecule has 2 unspecified atom stereocenters. The van der Waals surface area contributed by atoms with Crippen molar-refractivity contribution in [3.8, 4) is 12.3 Å². The van der Waals surface area contributed by atoms with Crippen molar-refractivity contribution in [2.24, 2.45) is 0 Å². The summed E-state index contributed by atoms with van der Waals surface area (Å²) < 4.78 is 0. The van der Waals surface area contributed by atoms with Gasteiger partial charge >= 0.3 is 0 Å². The lowest BCUT2D eigenvalue weighted by Crippen LogP contribution is -2.37. The maximum Gasteiger partial charge on any atom is 0.222 e. The molecule has 3 nitrogen and oxygen atoms in total. The van der Waals surface area contributed by atoms with Crippen LogP contribution >= 0.6 is 0 Å². The summed E-state index contributed by atoms with van der Waals surface area (Å²) in [6.07, 6.45) is 5.60. The molecule has 74 valence electrons. The average Bonchev–Trinajstić information content (AvgIpc) is 2.04. The van der Waals surface area contributed by atoms with Crippen molar-refractivity contribution in [1.29, 1.82) is 0 Å². The molecular weight excluding hydrogens is 164 g/mol. The highest BCUT2D eigenvalue weighted by atomic mass is 16.1. The lowest BCUT2D eigenvalue weighted by atomic mass is 10.2. The van der Waals surface area contributed by atoms with Gasteiger partial charge in [-0.05, 0) is 20.4 Å². The minimum atomic E-state index is -0.179. The van der Waals surface area contributed by atoms with Gasteiger partial charge in [0.15, 0.2) is 0 Å². The largest absolute Gasteiger partial charge is 0.343 e. The summed E-state index contributed by atoms with van der Waals surface area (Å²) in [5.74, 6) is 2.45. The van der Waals surface area contributed by atoms with Gasteiger partial charge in [-0.2, -0.15) is 0 Å². The summed E-state index contributed by atoms with van der Waals surface area (Å²) in [5, 5.41) is 5.86. The Morgan fingerprint density at radius 1 is 1.54 bits per heavy atom. The van der Waals surface area contributed by atoms with Gasteiger partial charge in [0.2, 0.25) is 5.91 Å². The third-order valence-electron chi connectivity index (χ3n) is 1.67. The molecule has 0 aliphatic heterocycles. The number of rotatable bonds is 5. The van der Waals surface area contributed by atoms with Gasteiger partial charge in [-0.1, -0.05) is 12.8 Å². The molecule has 0 saturated heterocycles. The summed E-state index contributed by atoms with van der Waals surface area (Å²) in [4.78, 5) is 11.3. The fraction of sp³-hybridized carbons (Fsp3) is 0.700. The molecule has 0 aliphatic carbocycles. The van der Waals surface area contributed by atoms with Gasteiger partial charge in [-0.25, -0.2) is 0 Å². The standard InChI is InChI=1S/C10H18N2O/c1-5-8(3)12-10(13)7-9(4)11-6-2/h1,8-9,11H,6-7H2,2-4H3,(H,12,13). The van der Waals surface area contributed by atoms with Crippen LogP contribution < -0.4 is 10.6 Å². The maximum atomic E-state index is 11.3. The van der Waals surface area contributed by atoms with Crippen molar-refractivity contribution >= 4 is 5.91 Å². The minimum Gasteiger partial charge on any atom is -0.343 e. The van der Waals surface area contributed by atoms with E-state index in [0.717, 1.165) is 6.54 Å². The summed E-state index contributed by atoms with van der Waals surface area (Å²) in [5.41, 5.74) is 0. The number of nitrogens with one attached hydrogen (secondary N) is 2. The van der Waals surface area contributed by atoms with Crippen LogP contribution in [0.25, 0.3) is 0 Å².